The second-order valence-electron chi connectivity index (χ2n) is 12.9. The summed E-state index contributed by atoms with van der Waals surface area (Å²) in [7, 11) is 0. The van der Waals surface area contributed by atoms with Gasteiger partial charge in [-0.1, -0.05) is 103 Å². The second-order valence-corrected chi connectivity index (χ2v) is 12.9. The van der Waals surface area contributed by atoms with Gasteiger partial charge in [-0.2, -0.15) is 0 Å². The number of fused-ring (bicyclic) bond motifs is 4. The Balaban J connectivity index is 0.000000173. The maximum atomic E-state index is 7.84. The van der Waals surface area contributed by atoms with Crippen molar-refractivity contribution < 1.29 is 41.9 Å². The molecule has 55 heavy (non-hydrogen) atoms. The monoisotopic (exact) mass is 896 g/mol. The summed E-state index contributed by atoms with van der Waals surface area (Å²) in [6.07, 6.45) is 3.06. The van der Waals surface area contributed by atoms with Gasteiger partial charge in [0.2, 0.25) is 6.71 Å². The number of hydrogen-bond acceptors (Lipinski definition) is 4. The summed E-state index contributed by atoms with van der Waals surface area (Å²) in [5.74, 6) is 3.36. The summed E-state index contributed by atoms with van der Waals surface area (Å²) >= 11 is 0. The van der Waals surface area contributed by atoms with E-state index in [0.717, 1.165) is 61.8 Å². The molecule has 2 aromatic heterocycles. The van der Waals surface area contributed by atoms with Gasteiger partial charge < -0.3 is 19.4 Å². The molecule has 0 amide bonds. The van der Waals surface area contributed by atoms with Crippen molar-refractivity contribution in [2.45, 2.75) is 20.6 Å². The van der Waals surface area contributed by atoms with Crippen LogP contribution < -0.4 is 25.9 Å². The van der Waals surface area contributed by atoms with Crippen molar-refractivity contribution in [3.05, 3.63) is 187 Å². The molecule has 0 unspecified atom stereocenters. The normalized spacial score (nSPS) is 14.8. The van der Waals surface area contributed by atoms with Gasteiger partial charge in [0.1, 0.15) is 17.2 Å². The molecule has 1 radical (unpaired) electrons. The molecule has 6 heteroatoms. The fraction of sp³-hybridized carbons (Fsp3) is 0.0612. The Hall–Kier alpha value is -6.07. The van der Waals surface area contributed by atoms with E-state index in [9.17, 15) is 0 Å². The Morgan fingerprint density at radius 1 is 0.600 bits per heavy atom. The zero-order valence-electron chi connectivity index (χ0n) is 38.1. The van der Waals surface area contributed by atoms with Crippen molar-refractivity contribution in [3.63, 3.8) is 0 Å². The van der Waals surface area contributed by atoms with Crippen LogP contribution in [0.15, 0.2) is 158 Å². The molecule has 4 heterocycles. The van der Waals surface area contributed by atoms with Crippen molar-refractivity contribution in [1.29, 1.82) is 0 Å². The van der Waals surface area contributed by atoms with Gasteiger partial charge in [0.25, 0.3) is 0 Å². The van der Waals surface area contributed by atoms with Crippen LogP contribution in [0.2, 0.25) is 0 Å². The Morgan fingerprint density at radius 3 is 2.24 bits per heavy atom. The van der Waals surface area contributed by atoms with Crippen LogP contribution in [0.3, 0.4) is 0 Å². The zero-order valence-corrected chi connectivity index (χ0v) is 31.5. The minimum absolute atomic E-state index is 0. The van der Waals surface area contributed by atoms with Crippen LogP contribution in [0.1, 0.15) is 29.0 Å². The first kappa shape index (κ1) is 26.7. The van der Waals surface area contributed by atoms with Crippen LogP contribution in [-0.2, 0) is 20.1 Å². The topological polar surface area (TPSA) is 44.2 Å². The maximum absolute atomic E-state index is 7.84. The summed E-state index contributed by atoms with van der Waals surface area (Å²) in [5, 5.41) is 0. The molecular weight excluding hydrogens is 852 g/mol. The minimum atomic E-state index is -2.50. The smallest absolute Gasteiger partial charge is 0.241 e. The Labute approximate surface area is 349 Å². The van der Waals surface area contributed by atoms with Gasteiger partial charge in [0.05, 0.1) is 0 Å². The third-order valence-electron chi connectivity index (χ3n) is 9.60. The van der Waals surface area contributed by atoms with E-state index in [1.54, 1.807) is 24.3 Å². The van der Waals surface area contributed by atoms with Gasteiger partial charge >= 0.3 is 0 Å². The molecule has 0 spiro atoms. The predicted molar refractivity (Wildman–Crippen MR) is 220 cm³/mol. The fourth-order valence-corrected chi connectivity index (χ4v) is 7.04. The van der Waals surface area contributed by atoms with Crippen molar-refractivity contribution in [3.8, 4) is 67.8 Å². The Morgan fingerprint density at radius 2 is 1.40 bits per heavy atom. The van der Waals surface area contributed by atoms with E-state index >= 15 is 0 Å². The van der Waals surface area contributed by atoms with Gasteiger partial charge in [-0.05, 0) is 88.2 Å². The van der Waals surface area contributed by atoms with E-state index in [0.29, 0.717) is 11.3 Å². The largest absolute Gasteiger partial charge is 0.503 e. The first-order chi connectivity index (χ1) is 30.1. The summed E-state index contributed by atoms with van der Waals surface area (Å²) in [6, 6.07) is 51.1. The second kappa shape index (κ2) is 15.4. The predicted octanol–water partition coefficient (Wildman–Crippen LogP) is 10.1. The summed E-state index contributed by atoms with van der Waals surface area (Å²) in [6.45, 7) is -7.16. The van der Waals surface area contributed by atoms with Gasteiger partial charge in [-0.25, -0.2) is 0 Å². The Kier molecular flexibility index (Phi) is 7.44. The number of benzene rings is 6. The first-order valence-corrected chi connectivity index (χ1v) is 17.4. The number of para-hydroxylation sites is 1. The Bertz CT molecular complexity index is 3000. The molecule has 6 aromatic carbocycles. The van der Waals surface area contributed by atoms with Gasteiger partial charge in [0, 0.05) is 56.0 Å². The van der Waals surface area contributed by atoms with E-state index in [1.807, 2.05) is 66.9 Å². The van der Waals surface area contributed by atoms with Crippen LogP contribution >= 0.6 is 0 Å². The van der Waals surface area contributed by atoms with E-state index in [2.05, 4.69) is 53.5 Å². The van der Waals surface area contributed by atoms with Crippen LogP contribution in [0.4, 0.5) is 0 Å². The molecule has 0 N–H and O–H groups in total. The van der Waals surface area contributed by atoms with E-state index in [-0.39, 0.29) is 54.6 Å². The number of rotatable bonds is 4. The third-order valence-corrected chi connectivity index (χ3v) is 9.60. The molecule has 267 valence electrons. The first-order valence-electron chi connectivity index (χ1n) is 21.9. The zero-order chi connectivity index (χ0) is 44.1. The quantitative estimate of drug-likeness (QED) is 0.130. The molecule has 0 aliphatic carbocycles. The molecule has 0 fully saturated rings. The van der Waals surface area contributed by atoms with Gasteiger partial charge in [-0.15, -0.1) is 59.1 Å². The molecule has 0 atom stereocenters. The van der Waals surface area contributed by atoms with E-state index < -0.39 is 20.6 Å². The standard InChI is InChI=1S/C29H17BNO2.C20H18N.Ir/c1-2-8-19(9-3-1)20-16-17-31-24(18-20)21-10-6-12-23-29(21)33-27-15-7-14-26-28(27)30(23)22-11-4-5-13-25(22)32-26;1-14-8-10-17(11-9-14)20-12-19(16(3)13-21-20)18-7-5-4-6-15(18)2;/h1-9,11-18H;4-10,12-13H,1-3H3;/q2*-1;/i;1D3,2D3,3D3;. The molecule has 0 bridgehead atoms. The van der Waals surface area contributed by atoms with Gasteiger partial charge in [-0.3, -0.25) is 0 Å². The summed E-state index contributed by atoms with van der Waals surface area (Å²) < 4.78 is 82.1. The average molecular weight is 896 g/mol. The number of aryl methyl sites for hydroxylation is 3. The van der Waals surface area contributed by atoms with Crippen molar-refractivity contribution in [2.75, 3.05) is 0 Å². The van der Waals surface area contributed by atoms with Crippen molar-refractivity contribution in [1.82, 2.24) is 9.97 Å². The molecule has 8 aromatic rings. The molecule has 0 saturated heterocycles. The number of hydrogen-bond donors (Lipinski definition) is 0. The molecule has 4 nitrogen and oxygen atoms in total. The molecule has 2 aliphatic rings. The van der Waals surface area contributed by atoms with Crippen LogP contribution in [-0.4, -0.2) is 16.7 Å². The number of nitrogens with zero attached hydrogens (tertiary/aromatic N) is 2. The van der Waals surface area contributed by atoms with Crippen LogP contribution in [0.25, 0.3) is 44.8 Å². The van der Waals surface area contributed by atoms with Crippen molar-refractivity contribution in [2.24, 2.45) is 0 Å². The van der Waals surface area contributed by atoms with Gasteiger partial charge in [0.15, 0.2) is 0 Å². The van der Waals surface area contributed by atoms with Crippen molar-refractivity contribution >= 4 is 23.1 Å². The SMILES string of the molecule is [2H]C([2H])([2H])c1c[c-]c(-c2cc(-c3ccccc3C([2H])([2H])[2H])c(C([2H])([2H])[2H])cn2)cc1.[Ir].[c-]1ccc2c(c1-c1cc(-c3ccccc3)ccn1)Oc1cccc3c1B2c1ccccc1O3. The molecule has 0 saturated carbocycles. The van der Waals surface area contributed by atoms with E-state index in [1.165, 1.54) is 30.5 Å². The van der Waals surface area contributed by atoms with E-state index in [4.69, 9.17) is 26.8 Å². The number of ether oxygens (including phenoxy) is 2. The molecule has 2 aliphatic heterocycles. The summed E-state index contributed by atoms with van der Waals surface area (Å²) in [5.41, 5.74) is 8.73. The maximum Gasteiger partial charge on any atom is 0.241 e. The fourth-order valence-electron chi connectivity index (χ4n) is 7.04. The van der Waals surface area contributed by atoms with Crippen LogP contribution in [0.5, 0.6) is 23.0 Å². The third kappa shape index (κ3) is 6.92. The number of pyridine rings is 2. The molecular formula is C49H35BIrN2O2-2. The molecule has 10 rings (SSSR count). The average Bonchev–Trinajstić information content (AvgIpc) is 3.28. The number of aromatic nitrogens is 2. The minimum Gasteiger partial charge on any atom is -0.503 e. The van der Waals surface area contributed by atoms with Crippen LogP contribution in [0, 0.1) is 32.7 Å². The summed E-state index contributed by atoms with van der Waals surface area (Å²) in [4.78, 5) is 8.90.